The lowest BCUT2D eigenvalue weighted by Crippen LogP contribution is -2.39. The summed E-state index contributed by atoms with van der Waals surface area (Å²) in [5.41, 5.74) is 0. The molecule has 0 spiro atoms. The summed E-state index contributed by atoms with van der Waals surface area (Å²) in [4.78, 5) is 2.66. The van der Waals surface area contributed by atoms with Gasteiger partial charge in [-0.05, 0) is 51.6 Å². The van der Waals surface area contributed by atoms with E-state index in [1.165, 1.54) is 51.6 Å². The number of methoxy groups -OCH3 is 1. The van der Waals surface area contributed by atoms with Crippen molar-refractivity contribution in [1.82, 2.24) is 10.2 Å². The fourth-order valence-electron chi connectivity index (χ4n) is 3.26. The molecule has 2 heterocycles. The van der Waals surface area contributed by atoms with Crippen LogP contribution in [0.4, 0.5) is 0 Å². The van der Waals surface area contributed by atoms with Gasteiger partial charge >= 0.3 is 0 Å². The van der Waals surface area contributed by atoms with Crippen molar-refractivity contribution < 1.29 is 9.47 Å². The number of rotatable bonds is 9. The third kappa shape index (κ3) is 5.38. The molecule has 2 rings (SSSR count). The van der Waals surface area contributed by atoms with Gasteiger partial charge < -0.3 is 14.8 Å². The molecular weight excluding hydrogens is 240 g/mol. The first-order valence-electron chi connectivity index (χ1n) is 7.95. The molecule has 4 heteroatoms. The Morgan fingerprint density at radius 2 is 2.26 bits per heavy atom. The fourth-order valence-corrected chi connectivity index (χ4v) is 3.26. The highest BCUT2D eigenvalue weighted by Gasteiger charge is 2.24. The Morgan fingerprint density at radius 3 is 3.05 bits per heavy atom. The lowest BCUT2D eigenvalue weighted by atomic mass is 10.1. The van der Waals surface area contributed by atoms with Crippen molar-refractivity contribution in [1.29, 1.82) is 0 Å². The van der Waals surface area contributed by atoms with Crippen molar-refractivity contribution in [3.05, 3.63) is 0 Å². The zero-order chi connectivity index (χ0) is 13.3. The molecule has 2 unspecified atom stereocenters. The van der Waals surface area contributed by atoms with Crippen LogP contribution < -0.4 is 5.32 Å². The van der Waals surface area contributed by atoms with Crippen LogP contribution in [0, 0.1) is 0 Å². The Bertz CT molecular complexity index is 232. The van der Waals surface area contributed by atoms with Crippen molar-refractivity contribution >= 4 is 0 Å². The van der Waals surface area contributed by atoms with E-state index < -0.39 is 0 Å². The van der Waals surface area contributed by atoms with E-state index in [1.54, 1.807) is 7.11 Å². The van der Waals surface area contributed by atoms with Crippen LogP contribution in [0.25, 0.3) is 0 Å². The Labute approximate surface area is 117 Å². The van der Waals surface area contributed by atoms with Crippen LogP contribution in [0.3, 0.4) is 0 Å². The highest BCUT2D eigenvalue weighted by Crippen LogP contribution is 2.20. The van der Waals surface area contributed by atoms with E-state index in [4.69, 9.17) is 9.47 Å². The summed E-state index contributed by atoms with van der Waals surface area (Å²) in [7, 11) is 1.76. The molecule has 0 aromatic rings. The molecule has 0 aliphatic carbocycles. The van der Waals surface area contributed by atoms with Crippen molar-refractivity contribution in [2.45, 2.75) is 50.7 Å². The molecule has 2 fully saturated rings. The summed E-state index contributed by atoms with van der Waals surface area (Å²) < 4.78 is 10.8. The van der Waals surface area contributed by atoms with E-state index in [0.29, 0.717) is 6.10 Å². The van der Waals surface area contributed by atoms with Gasteiger partial charge in [0.1, 0.15) is 0 Å². The van der Waals surface area contributed by atoms with E-state index in [9.17, 15) is 0 Å². The van der Waals surface area contributed by atoms with Gasteiger partial charge in [-0.15, -0.1) is 0 Å². The lowest BCUT2D eigenvalue weighted by Gasteiger charge is -2.25. The van der Waals surface area contributed by atoms with Crippen molar-refractivity contribution in [2.24, 2.45) is 0 Å². The minimum Gasteiger partial charge on any atom is -0.383 e. The first kappa shape index (κ1) is 15.2. The summed E-state index contributed by atoms with van der Waals surface area (Å²) in [6, 6.07) is 0.737. The van der Waals surface area contributed by atoms with Crippen LogP contribution in [0.2, 0.25) is 0 Å². The van der Waals surface area contributed by atoms with Crippen LogP contribution in [-0.4, -0.2) is 63.5 Å². The van der Waals surface area contributed by atoms with Gasteiger partial charge in [0.05, 0.1) is 12.7 Å². The number of nitrogens with one attached hydrogen (secondary N) is 1. The maximum Gasteiger partial charge on any atom is 0.0587 e. The normalized spacial score (nSPS) is 28.3. The molecule has 0 aromatic carbocycles. The van der Waals surface area contributed by atoms with Crippen LogP contribution in [0.1, 0.15) is 38.5 Å². The zero-order valence-electron chi connectivity index (χ0n) is 12.4. The molecule has 2 aliphatic rings. The summed E-state index contributed by atoms with van der Waals surface area (Å²) in [6.07, 6.45) is 8.35. The van der Waals surface area contributed by atoms with Crippen LogP contribution in [-0.2, 0) is 9.47 Å². The van der Waals surface area contributed by atoms with Gasteiger partial charge in [-0.1, -0.05) is 0 Å². The molecule has 0 radical (unpaired) electrons. The average Bonchev–Trinajstić information content (AvgIpc) is 3.07. The predicted molar refractivity (Wildman–Crippen MR) is 77.5 cm³/mol. The van der Waals surface area contributed by atoms with Gasteiger partial charge in [0.15, 0.2) is 0 Å². The summed E-state index contributed by atoms with van der Waals surface area (Å²) in [5.74, 6) is 0. The number of ether oxygens (including phenoxy) is 2. The van der Waals surface area contributed by atoms with Crippen LogP contribution in [0.5, 0.6) is 0 Å². The topological polar surface area (TPSA) is 33.7 Å². The maximum atomic E-state index is 5.69. The Morgan fingerprint density at radius 1 is 1.32 bits per heavy atom. The molecule has 19 heavy (non-hydrogen) atoms. The molecule has 2 aliphatic heterocycles. The molecule has 0 aromatic heterocycles. The average molecular weight is 270 g/mol. The number of nitrogens with zero attached hydrogens (tertiary/aromatic N) is 1. The molecule has 0 saturated carbocycles. The first-order chi connectivity index (χ1) is 9.40. The second-order valence-electron chi connectivity index (χ2n) is 5.81. The number of hydrogen-bond acceptors (Lipinski definition) is 4. The molecular formula is C15H30N2O2. The van der Waals surface area contributed by atoms with E-state index in [2.05, 4.69) is 10.2 Å². The fraction of sp³-hybridized carbons (Fsp3) is 1.00. The monoisotopic (exact) mass is 270 g/mol. The number of likely N-dealkylation sites (tertiary alicyclic amines) is 1. The molecule has 2 atom stereocenters. The minimum atomic E-state index is 0.556. The number of hydrogen-bond donors (Lipinski definition) is 1. The van der Waals surface area contributed by atoms with Crippen molar-refractivity contribution in [3.8, 4) is 0 Å². The maximum absolute atomic E-state index is 5.69. The smallest absolute Gasteiger partial charge is 0.0587 e. The van der Waals surface area contributed by atoms with E-state index >= 15 is 0 Å². The zero-order valence-corrected chi connectivity index (χ0v) is 12.4. The first-order valence-corrected chi connectivity index (χ1v) is 7.95. The quantitative estimate of drug-likeness (QED) is 0.646. The standard InChI is InChI=1S/C15H30N2O2/c1-18-12-8-16-13-14-5-2-9-17(14)10-3-6-15-7-4-11-19-15/h14-16H,2-13H2,1H3. The lowest BCUT2D eigenvalue weighted by molar-refractivity contribution is 0.0979. The molecule has 0 amide bonds. The van der Waals surface area contributed by atoms with Gasteiger partial charge in [0.25, 0.3) is 0 Å². The summed E-state index contributed by atoms with van der Waals surface area (Å²) in [5, 5.41) is 3.50. The van der Waals surface area contributed by atoms with E-state index in [-0.39, 0.29) is 0 Å². The van der Waals surface area contributed by atoms with E-state index in [1.807, 2.05) is 0 Å². The Balaban J connectivity index is 1.55. The summed E-state index contributed by atoms with van der Waals surface area (Å²) >= 11 is 0. The van der Waals surface area contributed by atoms with Crippen molar-refractivity contribution in [3.63, 3.8) is 0 Å². The molecule has 0 bridgehead atoms. The van der Waals surface area contributed by atoms with Gasteiger partial charge in [-0.25, -0.2) is 0 Å². The van der Waals surface area contributed by atoms with Crippen LogP contribution in [0.15, 0.2) is 0 Å². The third-order valence-electron chi connectivity index (χ3n) is 4.36. The molecule has 4 nitrogen and oxygen atoms in total. The second kappa shape index (κ2) is 8.90. The SMILES string of the molecule is COCCNCC1CCCN1CCCC1CCCO1. The largest absolute Gasteiger partial charge is 0.383 e. The van der Waals surface area contributed by atoms with Crippen LogP contribution >= 0.6 is 0 Å². The Hall–Kier alpha value is -0.160. The molecule has 112 valence electrons. The van der Waals surface area contributed by atoms with Gasteiger partial charge in [0, 0.05) is 32.8 Å². The van der Waals surface area contributed by atoms with Crippen molar-refractivity contribution in [2.75, 3.05) is 46.5 Å². The minimum absolute atomic E-state index is 0.556. The highest BCUT2D eigenvalue weighted by molar-refractivity contribution is 4.81. The van der Waals surface area contributed by atoms with Gasteiger partial charge in [-0.2, -0.15) is 0 Å². The summed E-state index contributed by atoms with van der Waals surface area (Å²) in [6.45, 7) is 6.41. The predicted octanol–water partition coefficient (Wildman–Crippen LogP) is 1.65. The van der Waals surface area contributed by atoms with Gasteiger partial charge in [0.2, 0.25) is 0 Å². The second-order valence-corrected chi connectivity index (χ2v) is 5.81. The molecule has 2 saturated heterocycles. The highest BCUT2D eigenvalue weighted by atomic mass is 16.5. The van der Waals surface area contributed by atoms with E-state index in [0.717, 1.165) is 32.3 Å². The Kier molecular flexibility index (Phi) is 7.14. The van der Waals surface area contributed by atoms with Gasteiger partial charge in [-0.3, -0.25) is 4.90 Å². The molecule has 1 N–H and O–H groups in total. The third-order valence-corrected chi connectivity index (χ3v) is 4.36.